The summed E-state index contributed by atoms with van der Waals surface area (Å²) in [5.41, 5.74) is 2.63. The summed E-state index contributed by atoms with van der Waals surface area (Å²) in [7, 11) is 2.17. The van der Waals surface area contributed by atoms with Crippen LogP contribution in [0.2, 0.25) is 0 Å². The fourth-order valence-electron chi connectivity index (χ4n) is 2.76. The van der Waals surface area contributed by atoms with Gasteiger partial charge in [0.25, 0.3) is 0 Å². The highest BCUT2D eigenvalue weighted by Gasteiger charge is 2.12. The quantitative estimate of drug-likeness (QED) is 0.578. The molecule has 0 bridgehead atoms. The van der Waals surface area contributed by atoms with Crippen molar-refractivity contribution in [3.63, 3.8) is 0 Å². The lowest BCUT2D eigenvalue weighted by molar-refractivity contribution is -0.120. The predicted octanol–water partition coefficient (Wildman–Crippen LogP) is 2.54. The Balaban J connectivity index is 1.52. The summed E-state index contributed by atoms with van der Waals surface area (Å²) >= 11 is 1.76. The summed E-state index contributed by atoms with van der Waals surface area (Å²) in [5, 5.41) is 3.05. The highest BCUT2D eigenvalue weighted by molar-refractivity contribution is 7.99. The summed E-state index contributed by atoms with van der Waals surface area (Å²) < 4.78 is 0. The van der Waals surface area contributed by atoms with Crippen molar-refractivity contribution in [2.75, 3.05) is 52.1 Å². The Bertz CT molecular complexity index is 527. The highest BCUT2D eigenvalue weighted by Crippen LogP contribution is 2.21. The molecule has 2 rings (SSSR count). The molecular formula is C19H31N3OS. The van der Waals surface area contributed by atoms with Crippen LogP contribution in [0.5, 0.6) is 0 Å². The Morgan fingerprint density at radius 3 is 2.62 bits per heavy atom. The molecule has 5 heteroatoms. The first kappa shape index (κ1) is 19.3. The summed E-state index contributed by atoms with van der Waals surface area (Å²) in [4.78, 5) is 18.0. The van der Waals surface area contributed by atoms with Gasteiger partial charge in [0, 0.05) is 49.8 Å². The number of likely N-dealkylation sites (N-methyl/N-ethyl adjacent to an activating group) is 1. The molecule has 1 heterocycles. The summed E-state index contributed by atoms with van der Waals surface area (Å²) in [6.45, 7) is 10.7. The third kappa shape index (κ3) is 6.83. The SMILES string of the molecule is Cc1ccc(SCCC(=O)NCCCN2CCN(C)CC2)cc1C. The van der Waals surface area contributed by atoms with Gasteiger partial charge in [0.2, 0.25) is 5.91 Å². The van der Waals surface area contributed by atoms with E-state index in [4.69, 9.17) is 0 Å². The number of aryl methyl sites for hydroxylation is 2. The van der Waals surface area contributed by atoms with Crippen LogP contribution in [0.1, 0.15) is 24.0 Å². The Hall–Kier alpha value is -1.04. The van der Waals surface area contributed by atoms with Crippen molar-refractivity contribution in [1.29, 1.82) is 0 Å². The van der Waals surface area contributed by atoms with Crippen LogP contribution in [0.15, 0.2) is 23.1 Å². The summed E-state index contributed by atoms with van der Waals surface area (Å²) in [6, 6.07) is 6.49. The van der Waals surface area contributed by atoms with Gasteiger partial charge in [0.1, 0.15) is 0 Å². The molecule has 0 saturated carbocycles. The molecule has 1 fully saturated rings. The number of hydrogen-bond donors (Lipinski definition) is 1. The number of amides is 1. The molecule has 4 nitrogen and oxygen atoms in total. The van der Waals surface area contributed by atoms with Crippen molar-refractivity contribution in [2.24, 2.45) is 0 Å². The van der Waals surface area contributed by atoms with Crippen LogP contribution >= 0.6 is 11.8 Å². The van der Waals surface area contributed by atoms with Crippen LogP contribution in [0.3, 0.4) is 0 Å². The molecule has 1 saturated heterocycles. The van der Waals surface area contributed by atoms with E-state index in [-0.39, 0.29) is 5.91 Å². The highest BCUT2D eigenvalue weighted by atomic mass is 32.2. The van der Waals surface area contributed by atoms with Gasteiger partial charge >= 0.3 is 0 Å². The Kier molecular flexibility index (Phi) is 8.09. The third-order valence-electron chi connectivity index (χ3n) is 4.65. The Labute approximate surface area is 151 Å². The van der Waals surface area contributed by atoms with Crippen LogP contribution in [0, 0.1) is 13.8 Å². The molecule has 0 unspecified atom stereocenters. The zero-order valence-corrected chi connectivity index (χ0v) is 16.1. The topological polar surface area (TPSA) is 35.6 Å². The fraction of sp³-hybridized carbons (Fsp3) is 0.632. The number of thioether (sulfide) groups is 1. The predicted molar refractivity (Wildman–Crippen MR) is 103 cm³/mol. The number of rotatable bonds is 8. The molecule has 1 aliphatic rings. The normalized spacial score (nSPS) is 16.3. The van der Waals surface area contributed by atoms with Crippen molar-refractivity contribution >= 4 is 17.7 Å². The van der Waals surface area contributed by atoms with Gasteiger partial charge in [-0.15, -0.1) is 11.8 Å². The molecule has 1 amide bonds. The second-order valence-corrected chi connectivity index (χ2v) is 7.86. The van der Waals surface area contributed by atoms with E-state index in [1.165, 1.54) is 16.0 Å². The molecule has 1 aromatic carbocycles. The summed E-state index contributed by atoms with van der Waals surface area (Å²) in [6.07, 6.45) is 1.63. The molecule has 1 aliphatic heterocycles. The van der Waals surface area contributed by atoms with E-state index in [1.54, 1.807) is 11.8 Å². The lowest BCUT2D eigenvalue weighted by Gasteiger charge is -2.32. The number of hydrogen-bond acceptors (Lipinski definition) is 4. The minimum Gasteiger partial charge on any atom is -0.356 e. The van der Waals surface area contributed by atoms with Crippen LogP contribution in [-0.2, 0) is 4.79 Å². The van der Waals surface area contributed by atoms with Gasteiger partial charge in [-0.3, -0.25) is 4.79 Å². The first-order valence-electron chi connectivity index (χ1n) is 8.92. The zero-order chi connectivity index (χ0) is 17.4. The van der Waals surface area contributed by atoms with Gasteiger partial charge in [-0.25, -0.2) is 0 Å². The van der Waals surface area contributed by atoms with E-state index >= 15 is 0 Å². The van der Waals surface area contributed by atoms with E-state index in [0.717, 1.165) is 51.4 Å². The maximum absolute atomic E-state index is 11.9. The maximum Gasteiger partial charge on any atom is 0.220 e. The van der Waals surface area contributed by atoms with E-state index < -0.39 is 0 Å². The number of carbonyl (C=O) groups is 1. The van der Waals surface area contributed by atoms with Gasteiger partial charge in [0.15, 0.2) is 0 Å². The first-order chi connectivity index (χ1) is 11.5. The molecule has 1 N–H and O–H groups in total. The van der Waals surface area contributed by atoms with Gasteiger partial charge in [-0.2, -0.15) is 0 Å². The summed E-state index contributed by atoms with van der Waals surface area (Å²) in [5.74, 6) is 1.01. The van der Waals surface area contributed by atoms with Crippen LogP contribution in [-0.4, -0.2) is 67.8 Å². The smallest absolute Gasteiger partial charge is 0.220 e. The van der Waals surface area contributed by atoms with E-state index in [2.05, 4.69) is 54.2 Å². The molecule has 0 atom stereocenters. The second-order valence-electron chi connectivity index (χ2n) is 6.69. The monoisotopic (exact) mass is 349 g/mol. The third-order valence-corrected chi connectivity index (χ3v) is 5.64. The molecular weight excluding hydrogens is 318 g/mol. The molecule has 0 radical (unpaired) electrons. The number of piperazine rings is 1. The largest absolute Gasteiger partial charge is 0.356 e. The number of benzene rings is 1. The molecule has 1 aromatic rings. The van der Waals surface area contributed by atoms with Gasteiger partial charge < -0.3 is 15.1 Å². The van der Waals surface area contributed by atoms with E-state index in [9.17, 15) is 4.79 Å². The van der Waals surface area contributed by atoms with Crippen LogP contribution in [0.25, 0.3) is 0 Å². The second kappa shape index (κ2) is 10.1. The number of nitrogens with one attached hydrogen (secondary N) is 1. The van der Waals surface area contributed by atoms with Crippen LogP contribution in [0.4, 0.5) is 0 Å². The van der Waals surface area contributed by atoms with Crippen molar-refractivity contribution < 1.29 is 4.79 Å². The molecule has 0 aromatic heterocycles. The molecule has 24 heavy (non-hydrogen) atoms. The number of nitrogens with zero attached hydrogens (tertiary/aromatic N) is 2. The molecule has 0 spiro atoms. The zero-order valence-electron chi connectivity index (χ0n) is 15.3. The van der Waals surface area contributed by atoms with E-state index in [1.807, 2.05) is 0 Å². The van der Waals surface area contributed by atoms with Crippen molar-refractivity contribution in [2.45, 2.75) is 31.6 Å². The maximum atomic E-state index is 11.9. The lowest BCUT2D eigenvalue weighted by atomic mass is 10.1. The Morgan fingerprint density at radius 1 is 1.17 bits per heavy atom. The minimum atomic E-state index is 0.171. The van der Waals surface area contributed by atoms with Crippen LogP contribution < -0.4 is 5.32 Å². The lowest BCUT2D eigenvalue weighted by Crippen LogP contribution is -2.45. The van der Waals surface area contributed by atoms with Gasteiger partial charge in [-0.05, 0) is 57.1 Å². The standard InChI is InChI=1S/C19H31N3OS/c1-16-5-6-18(15-17(16)2)24-14-7-19(23)20-8-4-9-22-12-10-21(3)11-13-22/h5-6,15H,4,7-14H2,1-3H3,(H,20,23). The molecule has 134 valence electrons. The first-order valence-corrected chi connectivity index (χ1v) is 9.91. The Morgan fingerprint density at radius 2 is 1.92 bits per heavy atom. The van der Waals surface area contributed by atoms with Gasteiger partial charge in [-0.1, -0.05) is 6.07 Å². The average Bonchev–Trinajstić information content (AvgIpc) is 2.56. The van der Waals surface area contributed by atoms with Crippen molar-refractivity contribution in [3.05, 3.63) is 29.3 Å². The fourth-order valence-corrected chi connectivity index (χ4v) is 3.70. The van der Waals surface area contributed by atoms with E-state index in [0.29, 0.717) is 6.42 Å². The van der Waals surface area contributed by atoms with Crippen molar-refractivity contribution in [1.82, 2.24) is 15.1 Å². The average molecular weight is 350 g/mol. The van der Waals surface area contributed by atoms with Gasteiger partial charge in [0.05, 0.1) is 0 Å². The molecule has 0 aliphatic carbocycles. The minimum absolute atomic E-state index is 0.171. The van der Waals surface area contributed by atoms with Crippen molar-refractivity contribution in [3.8, 4) is 0 Å². The number of carbonyl (C=O) groups excluding carboxylic acids is 1.